The molecule has 0 unspecified atom stereocenters. The topological polar surface area (TPSA) is 71.0 Å². The lowest BCUT2D eigenvalue weighted by Gasteiger charge is -2.15. The number of aromatic nitrogens is 1. The van der Waals surface area contributed by atoms with E-state index in [1.807, 2.05) is 55.4 Å². The van der Waals surface area contributed by atoms with Gasteiger partial charge in [0.2, 0.25) is 0 Å². The molecule has 0 amide bonds. The third-order valence-corrected chi connectivity index (χ3v) is 3.82. The van der Waals surface area contributed by atoms with Crippen LogP contribution < -0.4 is 25.0 Å². The standard InChI is InChI=1S/C19H27N5O2.HI/c1-20-19(22-13-15-7-6-8-18(23-15)24(2)3)21-12-14-9-10-16(25-4)17(11-14)26-5;/h6-11H,12-13H2,1-5H3,(H2,20,21,22);1H. The summed E-state index contributed by atoms with van der Waals surface area (Å²) in [5.74, 6) is 3.06. The first kappa shape index (κ1) is 22.8. The molecule has 7 nitrogen and oxygen atoms in total. The molecule has 1 heterocycles. The van der Waals surface area contributed by atoms with E-state index in [4.69, 9.17) is 9.47 Å². The molecule has 1 aromatic carbocycles. The Kier molecular flexibility index (Phi) is 9.70. The van der Waals surface area contributed by atoms with Crippen LogP contribution in [0.2, 0.25) is 0 Å². The molecular formula is C19H28IN5O2. The van der Waals surface area contributed by atoms with Gasteiger partial charge >= 0.3 is 0 Å². The number of methoxy groups -OCH3 is 2. The van der Waals surface area contributed by atoms with Crippen LogP contribution in [-0.4, -0.2) is 46.3 Å². The first-order valence-corrected chi connectivity index (χ1v) is 8.36. The lowest BCUT2D eigenvalue weighted by molar-refractivity contribution is 0.354. The molecule has 0 fully saturated rings. The number of hydrogen-bond donors (Lipinski definition) is 2. The SMILES string of the molecule is CN=C(NCc1ccc(OC)c(OC)c1)NCc1cccc(N(C)C)n1.I. The van der Waals surface area contributed by atoms with Crippen molar-refractivity contribution in [3.63, 3.8) is 0 Å². The zero-order valence-corrected chi connectivity index (χ0v) is 18.8. The predicted molar refractivity (Wildman–Crippen MR) is 121 cm³/mol. The van der Waals surface area contributed by atoms with Gasteiger partial charge in [-0.25, -0.2) is 4.98 Å². The maximum atomic E-state index is 5.33. The second-order valence-electron chi connectivity index (χ2n) is 5.85. The molecule has 2 aromatic rings. The van der Waals surface area contributed by atoms with Crippen LogP contribution in [0.25, 0.3) is 0 Å². The minimum Gasteiger partial charge on any atom is -0.493 e. The molecule has 0 aliphatic heterocycles. The second kappa shape index (κ2) is 11.5. The maximum absolute atomic E-state index is 5.33. The number of rotatable bonds is 7. The van der Waals surface area contributed by atoms with Crippen molar-refractivity contribution < 1.29 is 9.47 Å². The quantitative estimate of drug-likeness (QED) is 0.357. The van der Waals surface area contributed by atoms with Crippen molar-refractivity contribution in [2.45, 2.75) is 13.1 Å². The van der Waals surface area contributed by atoms with Gasteiger partial charge in [-0.3, -0.25) is 4.99 Å². The number of benzene rings is 1. The van der Waals surface area contributed by atoms with Crippen LogP contribution in [0.3, 0.4) is 0 Å². The summed E-state index contributed by atoms with van der Waals surface area (Å²) in [6.07, 6.45) is 0. The van der Waals surface area contributed by atoms with E-state index < -0.39 is 0 Å². The Hall–Kier alpha value is -2.23. The van der Waals surface area contributed by atoms with Crippen LogP contribution in [0.1, 0.15) is 11.3 Å². The van der Waals surface area contributed by atoms with Crippen LogP contribution in [0, 0.1) is 0 Å². The Bertz CT molecular complexity index is 753. The molecule has 0 radical (unpaired) electrons. The van der Waals surface area contributed by atoms with Crippen molar-refractivity contribution in [2.75, 3.05) is 40.3 Å². The summed E-state index contributed by atoms with van der Waals surface area (Å²) in [6, 6.07) is 11.8. The molecule has 0 aliphatic carbocycles. The van der Waals surface area contributed by atoms with Crippen LogP contribution >= 0.6 is 24.0 Å². The van der Waals surface area contributed by atoms with Gasteiger partial charge in [-0.2, -0.15) is 0 Å². The van der Waals surface area contributed by atoms with Gasteiger partial charge in [0.1, 0.15) is 5.82 Å². The third-order valence-electron chi connectivity index (χ3n) is 3.82. The minimum absolute atomic E-state index is 0. The van der Waals surface area contributed by atoms with Crippen molar-refractivity contribution in [3.05, 3.63) is 47.7 Å². The Morgan fingerprint density at radius 3 is 2.37 bits per heavy atom. The number of anilines is 1. The van der Waals surface area contributed by atoms with E-state index in [9.17, 15) is 0 Å². The molecule has 8 heteroatoms. The summed E-state index contributed by atoms with van der Waals surface area (Å²) in [5, 5.41) is 6.56. The molecular weight excluding hydrogens is 457 g/mol. The lowest BCUT2D eigenvalue weighted by Crippen LogP contribution is -2.36. The van der Waals surface area contributed by atoms with Crippen molar-refractivity contribution in [3.8, 4) is 11.5 Å². The van der Waals surface area contributed by atoms with Crippen LogP contribution in [0.15, 0.2) is 41.4 Å². The molecule has 0 aliphatic rings. The average molecular weight is 485 g/mol. The summed E-state index contributed by atoms with van der Waals surface area (Å²) >= 11 is 0. The number of pyridine rings is 1. The van der Waals surface area contributed by atoms with Crippen molar-refractivity contribution in [1.82, 2.24) is 15.6 Å². The normalized spacial score (nSPS) is 10.6. The van der Waals surface area contributed by atoms with Crippen LogP contribution in [-0.2, 0) is 13.1 Å². The highest BCUT2D eigenvalue weighted by Gasteiger charge is 2.06. The molecule has 2 N–H and O–H groups in total. The van der Waals surface area contributed by atoms with Gasteiger partial charge in [-0.1, -0.05) is 12.1 Å². The zero-order valence-electron chi connectivity index (χ0n) is 16.4. The molecule has 0 spiro atoms. The fraction of sp³-hybridized carbons (Fsp3) is 0.368. The molecule has 0 saturated carbocycles. The van der Waals surface area contributed by atoms with E-state index in [0.717, 1.165) is 17.1 Å². The van der Waals surface area contributed by atoms with E-state index in [2.05, 4.69) is 20.6 Å². The summed E-state index contributed by atoms with van der Waals surface area (Å²) in [4.78, 5) is 10.8. The van der Waals surface area contributed by atoms with Crippen molar-refractivity contribution in [2.24, 2.45) is 4.99 Å². The first-order chi connectivity index (χ1) is 12.6. The maximum Gasteiger partial charge on any atom is 0.191 e. The Balaban J connectivity index is 0.00000364. The van der Waals surface area contributed by atoms with E-state index >= 15 is 0 Å². The minimum atomic E-state index is 0. The molecule has 148 valence electrons. The number of ether oxygens (including phenoxy) is 2. The molecule has 0 atom stereocenters. The smallest absolute Gasteiger partial charge is 0.191 e. The summed E-state index contributed by atoms with van der Waals surface area (Å²) in [5.41, 5.74) is 2.02. The number of guanidine groups is 1. The lowest BCUT2D eigenvalue weighted by atomic mass is 10.2. The largest absolute Gasteiger partial charge is 0.493 e. The first-order valence-electron chi connectivity index (χ1n) is 8.36. The fourth-order valence-corrected chi connectivity index (χ4v) is 2.39. The summed E-state index contributed by atoms with van der Waals surface area (Å²) in [6.45, 7) is 1.21. The number of halogens is 1. The second-order valence-corrected chi connectivity index (χ2v) is 5.85. The molecule has 27 heavy (non-hydrogen) atoms. The van der Waals surface area contributed by atoms with Gasteiger partial charge in [0.25, 0.3) is 0 Å². The molecule has 0 saturated heterocycles. The van der Waals surface area contributed by atoms with Gasteiger partial charge in [0.15, 0.2) is 17.5 Å². The average Bonchev–Trinajstić information content (AvgIpc) is 2.68. The Labute approximate surface area is 178 Å². The van der Waals surface area contributed by atoms with Crippen LogP contribution in [0.4, 0.5) is 5.82 Å². The van der Waals surface area contributed by atoms with Crippen LogP contribution in [0.5, 0.6) is 11.5 Å². The monoisotopic (exact) mass is 485 g/mol. The van der Waals surface area contributed by atoms with Gasteiger partial charge in [-0.15, -0.1) is 24.0 Å². The van der Waals surface area contributed by atoms with E-state index in [-0.39, 0.29) is 24.0 Å². The number of nitrogens with one attached hydrogen (secondary N) is 2. The molecule has 0 bridgehead atoms. The van der Waals surface area contributed by atoms with Gasteiger partial charge in [0.05, 0.1) is 26.5 Å². The highest BCUT2D eigenvalue weighted by molar-refractivity contribution is 14.0. The molecule has 2 rings (SSSR count). The van der Waals surface area contributed by atoms with Gasteiger partial charge in [-0.05, 0) is 29.8 Å². The van der Waals surface area contributed by atoms with E-state index in [1.54, 1.807) is 21.3 Å². The summed E-state index contributed by atoms with van der Waals surface area (Å²) in [7, 11) is 8.95. The van der Waals surface area contributed by atoms with E-state index in [1.165, 1.54) is 0 Å². The fourth-order valence-electron chi connectivity index (χ4n) is 2.39. The zero-order chi connectivity index (χ0) is 18.9. The summed E-state index contributed by atoms with van der Waals surface area (Å²) < 4.78 is 10.6. The highest BCUT2D eigenvalue weighted by Crippen LogP contribution is 2.27. The molecule has 1 aromatic heterocycles. The highest BCUT2D eigenvalue weighted by atomic mass is 127. The van der Waals surface area contributed by atoms with Crippen molar-refractivity contribution in [1.29, 1.82) is 0 Å². The predicted octanol–water partition coefficient (Wildman–Crippen LogP) is 2.65. The third kappa shape index (κ3) is 6.78. The Morgan fingerprint density at radius 2 is 1.74 bits per heavy atom. The number of nitrogens with zero attached hydrogens (tertiary/aromatic N) is 3. The van der Waals surface area contributed by atoms with E-state index in [0.29, 0.717) is 30.5 Å². The number of aliphatic imine (C=N–C) groups is 1. The van der Waals surface area contributed by atoms with Crippen molar-refractivity contribution >= 4 is 35.8 Å². The number of hydrogen-bond acceptors (Lipinski definition) is 5. The Morgan fingerprint density at radius 1 is 1.04 bits per heavy atom. The van der Waals surface area contributed by atoms with Gasteiger partial charge < -0.3 is 25.0 Å². The van der Waals surface area contributed by atoms with Gasteiger partial charge in [0, 0.05) is 27.7 Å².